The van der Waals surface area contributed by atoms with E-state index in [0.29, 0.717) is 24.3 Å². The number of hydrogen-bond acceptors (Lipinski definition) is 4. The summed E-state index contributed by atoms with van der Waals surface area (Å²) in [6, 6.07) is 6.17. The molecule has 0 aliphatic carbocycles. The van der Waals surface area contributed by atoms with Crippen molar-refractivity contribution in [1.82, 2.24) is 20.4 Å². The zero-order valence-electron chi connectivity index (χ0n) is 14.4. The Bertz CT molecular complexity index is 673. The fourth-order valence-corrected chi connectivity index (χ4v) is 3.06. The number of rotatable bonds is 5. The van der Waals surface area contributed by atoms with Gasteiger partial charge in [-0.25, -0.2) is 4.79 Å². The Hall–Kier alpha value is -2.61. The fraction of sp³-hybridized carbons (Fsp3) is 0.471. The summed E-state index contributed by atoms with van der Waals surface area (Å²) < 4.78 is 0. The van der Waals surface area contributed by atoms with Crippen molar-refractivity contribution < 1.29 is 14.4 Å². The fourth-order valence-electron chi connectivity index (χ4n) is 3.06. The lowest BCUT2D eigenvalue weighted by Crippen LogP contribution is -2.65. The number of likely N-dealkylation sites (N-methyl/N-ethyl adjacent to an activating group) is 1. The number of nitrogens with zero attached hydrogens (tertiary/aromatic N) is 2. The molecule has 1 aromatic rings. The van der Waals surface area contributed by atoms with E-state index < -0.39 is 0 Å². The number of nitrogens with one attached hydrogen (secondary N) is 3. The summed E-state index contributed by atoms with van der Waals surface area (Å²) in [5, 5.41) is 8.41. The topological polar surface area (TPSA) is 93.8 Å². The quantitative estimate of drug-likeness (QED) is 0.659. The van der Waals surface area contributed by atoms with Crippen molar-refractivity contribution in [2.45, 2.75) is 18.5 Å². The molecule has 0 spiro atoms. The van der Waals surface area contributed by atoms with Gasteiger partial charge in [-0.3, -0.25) is 9.59 Å². The number of likely N-dealkylation sites (tertiary alicyclic amines) is 1. The van der Waals surface area contributed by atoms with Crippen LogP contribution in [0.1, 0.15) is 16.8 Å². The Morgan fingerprint density at radius 1 is 1.28 bits per heavy atom. The second kappa shape index (κ2) is 7.10. The average Bonchev–Trinajstić information content (AvgIpc) is 2.92. The molecule has 0 aromatic heterocycles. The van der Waals surface area contributed by atoms with Crippen LogP contribution in [0.15, 0.2) is 24.3 Å². The third-order valence-corrected chi connectivity index (χ3v) is 4.50. The Balaban J connectivity index is 1.53. The molecule has 0 saturated carbocycles. The molecule has 3 rings (SSSR count). The van der Waals surface area contributed by atoms with Crippen molar-refractivity contribution in [3.8, 4) is 0 Å². The Labute approximate surface area is 146 Å². The van der Waals surface area contributed by atoms with Crippen LogP contribution in [0, 0.1) is 0 Å². The average molecular weight is 345 g/mol. The van der Waals surface area contributed by atoms with Gasteiger partial charge in [-0.1, -0.05) is 0 Å². The standard InChI is InChI=1S/C17H23N5O3/c1-21(2)10-8-18-15(23)11-3-5-12(6-4-11)19-17(25)22-9-7-13-14(22)16(24)20-13/h3-6,13-14H,7-10H2,1-2H3,(H,18,23)(H,19,25)(H,20,24)/t13-,14+/m1/s1. The zero-order valence-corrected chi connectivity index (χ0v) is 14.4. The summed E-state index contributed by atoms with van der Waals surface area (Å²) in [5.41, 5.74) is 1.13. The van der Waals surface area contributed by atoms with Crippen molar-refractivity contribution in [2.75, 3.05) is 39.0 Å². The molecule has 2 aliphatic rings. The van der Waals surface area contributed by atoms with Crippen molar-refractivity contribution in [3.63, 3.8) is 0 Å². The van der Waals surface area contributed by atoms with Gasteiger partial charge in [-0.15, -0.1) is 0 Å². The lowest BCUT2D eigenvalue weighted by molar-refractivity contribution is -0.132. The van der Waals surface area contributed by atoms with Gasteiger partial charge in [0.15, 0.2) is 0 Å². The van der Waals surface area contributed by atoms with Crippen molar-refractivity contribution in [3.05, 3.63) is 29.8 Å². The molecule has 2 saturated heterocycles. The molecule has 2 aliphatic heterocycles. The summed E-state index contributed by atoms with van der Waals surface area (Å²) in [5.74, 6) is -0.240. The third kappa shape index (κ3) is 3.74. The van der Waals surface area contributed by atoms with Gasteiger partial charge in [-0.2, -0.15) is 0 Å². The molecular weight excluding hydrogens is 322 g/mol. The van der Waals surface area contributed by atoms with E-state index in [9.17, 15) is 14.4 Å². The first-order valence-corrected chi connectivity index (χ1v) is 8.36. The molecular formula is C17H23N5O3. The highest BCUT2D eigenvalue weighted by Gasteiger charge is 2.49. The summed E-state index contributed by atoms with van der Waals surface area (Å²) in [7, 11) is 3.89. The second-order valence-corrected chi connectivity index (χ2v) is 6.61. The number of benzene rings is 1. The Morgan fingerprint density at radius 2 is 2.00 bits per heavy atom. The van der Waals surface area contributed by atoms with E-state index in [-0.39, 0.29) is 29.9 Å². The maximum atomic E-state index is 12.3. The maximum Gasteiger partial charge on any atom is 0.322 e. The first-order valence-electron chi connectivity index (χ1n) is 8.36. The van der Waals surface area contributed by atoms with Crippen LogP contribution in [0.2, 0.25) is 0 Å². The van der Waals surface area contributed by atoms with Gasteiger partial charge in [0.1, 0.15) is 6.04 Å². The number of fused-ring (bicyclic) bond motifs is 1. The van der Waals surface area contributed by atoms with Gasteiger partial charge in [0.05, 0.1) is 6.04 Å². The molecule has 0 bridgehead atoms. The molecule has 8 nitrogen and oxygen atoms in total. The van der Waals surface area contributed by atoms with E-state index >= 15 is 0 Å². The number of carbonyl (C=O) groups excluding carboxylic acids is 3. The first-order chi connectivity index (χ1) is 12.0. The number of anilines is 1. The minimum Gasteiger partial charge on any atom is -0.351 e. The highest BCUT2D eigenvalue weighted by molar-refractivity contribution is 5.98. The van der Waals surface area contributed by atoms with E-state index in [0.717, 1.165) is 13.0 Å². The van der Waals surface area contributed by atoms with Gasteiger partial charge >= 0.3 is 6.03 Å². The summed E-state index contributed by atoms with van der Waals surface area (Å²) in [6.45, 7) is 1.90. The Kier molecular flexibility index (Phi) is 4.89. The smallest absolute Gasteiger partial charge is 0.322 e. The molecule has 2 heterocycles. The van der Waals surface area contributed by atoms with Crippen molar-refractivity contribution in [1.29, 1.82) is 0 Å². The van der Waals surface area contributed by atoms with Crippen LogP contribution in [0.4, 0.5) is 10.5 Å². The molecule has 3 N–H and O–H groups in total. The van der Waals surface area contributed by atoms with Crippen LogP contribution < -0.4 is 16.0 Å². The molecule has 8 heteroatoms. The van der Waals surface area contributed by atoms with E-state index in [1.54, 1.807) is 29.2 Å². The van der Waals surface area contributed by atoms with E-state index in [1.165, 1.54) is 0 Å². The Morgan fingerprint density at radius 3 is 2.64 bits per heavy atom. The molecule has 25 heavy (non-hydrogen) atoms. The number of amides is 4. The molecule has 4 amide bonds. The maximum absolute atomic E-state index is 12.3. The summed E-state index contributed by atoms with van der Waals surface area (Å²) in [4.78, 5) is 39.4. The van der Waals surface area contributed by atoms with Crippen LogP contribution >= 0.6 is 0 Å². The number of urea groups is 1. The predicted molar refractivity (Wildman–Crippen MR) is 93.4 cm³/mol. The number of carbonyl (C=O) groups is 3. The molecule has 0 unspecified atom stereocenters. The van der Waals surface area contributed by atoms with Crippen LogP contribution in [0.5, 0.6) is 0 Å². The summed E-state index contributed by atoms with van der Waals surface area (Å²) >= 11 is 0. The van der Waals surface area contributed by atoms with Gasteiger partial charge in [-0.05, 0) is 44.8 Å². The number of hydrogen-bond donors (Lipinski definition) is 3. The predicted octanol–water partition coefficient (Wildman–Crippen LogP) is 0.0826. The zero-order chi connectivity index (χ0) is 18.0. The van der Waals surface area contributed by atoms with Crippen LogP contribution in [0.25, 0.3) is 0 Å². The summed E-state index contributed by atoms with van der Waals surface area (Å²) in [6.07, 6.45) is 0.788. The number of β-lactam (4-membered cyclic amide) rings is 1. The monoisotopic (exact) mass is 345 g/mol. The highest BCUT2D eigenvalue weighted by atomic mass is 16.2. The van der Waals surface area contributed by atoms with Gasteiger partial charge in [0.25, 0.3) is 5.91 Å². The molecule has 0 radical (unpaired) electrons. The SMILES string of the molecule is CN(C)CCNC(=O)c1ccc(NC(=O)N2CC[C@H]3NC(=O)[C@H]32)cc1. The second-order valence-electron chi connectivity index (χ2n) is 6.61. The van der Waals surface area contributed by atoms with E-state index in [4.69, 9.17) is 0 Å². The first kappa shape index (κ1) is 17.2. The van der Waals surface area contributed by atoms with Gasteiger partial charge in [0.2, 0.25) is 5.91 Å². The largest absolute Gasteiger partial charge is 0.351 e. The van der Waals surface area contributed by atoms with Crippen molar-refractivity contribution in [2.24, 2.45) is 0 Å². The highest BCUT2D eigenvalue weighted by Crippen LogP contribution is 2.26. The van der Waals surface area contributed by atoms with Gasteiger partial charge in [0, 0.05) is 30.9 Å². The molecule has 134 valence electrons. The lowest BCUT2D eigenvalue weighted by Gasteiger charge is -2.35. The minimum absolute atomic E-state index is 0.0893. The van der Waals surface area contributed by atoms with Crippen molar-refractivity contribution >= 4 is 23.5 Å². The molecule has 1 aromatic carbocycles. The van der Waals surface area contributed by atoms with Crippen LogP contribution in [0.3, 0.4) is 0 Å². The lowest BCUT2D eigenvalue weighted by atomic mass is 10.0. The molecule has 2 atom stereocenters. The minimum atomic E-state index is -0.346. The molecule has 2 fully saturated rings. The third-order valence-electron chi connectivity index (χ3n) is 4.50. The van der Waals surface area contributed by atoms with E-state index in [1.807, 2.05) is 19.0 Å². The van der Waals surface area contributed by atoms with Crippen LogP contribution in [-0.4, -0.2) is 73.5 Å². The van der Waals surface area contributed by atoms with Gasteiger partial charge < -0.3 is 25.8 Å². The normalized spacial score (nSPS) is 21.4. The van der Waals surface area contributed by atoms with E-state index in [2.05, 4.69) is 16.0 Å². The van der Waals surface area contributed by atoms with Crippen LogP contribution in [-0.2, 0) is 4.79 Å².